The molecule has 0 aliphatic heterocycles. The van der Waals surface area contributed by atoms with Crippen LogP contribution < -0.4 is 11.4 Å². The molecule has 38 heavy (non-hydrogen) atoms. The van der Waals surface area contributed by atoms with Gasteiger partial charge in [0, 0.05) is 65.5 Å². The van der Waals surface area contributed by atoms with E-state index >= 15 is 0 Å². The van der Waals surface area contributed by atoms with Gasteiger partial charge >= 0.3 is 11.4 Å². The van der Waals surface area contributed by atoms with Gasteiger partial charge in [-0.25, -0.2) is 9.59 Å². The minimum absolute atomic E-state index is 0.0127. The van der Waals surface area contributed by atoms with Crippen LogP contribution in [0.5, 0.6) is 0 Å². The predicted molar refractivity (Wildman–Crippen MR) is 160 cm³/mol. The van der Waals surface area contributed by atoms with Crippen molar-refractivity contribution in [1.29, 1.82) is 0 Å². The molecule has 0 aromatic carbocycles. The Kier molecular flexibility index (Phi) is 13.3. The van der Waals surface area contributed by atoms with E-state index in [-0.39, 0.29) is 22.2 Å². The van der Waals surface area contributed by atoms with Gasteiger partial charge in [0.25, 0.3) is 0 Å². The topological polar surface area (TPSA) is 72.3 Å². The number of aromatic nitrogens is 4. The SMILES string of the molecule is CCn1cc(S)n(CC(C)(C)CCCCOCCCOCCCCC(C)(C)Cn2c(S)cn(C)c2=O)c1=O. The molecule has 218 valence electrons. The minimum atomic E-state index is -0.0127. The summed E-state index contributed by atoms with van der Waals surface area (Å²) in [5.41, 5.74) is 0.0638. The molecule has 0 fully saturated rings. The molecule has 2 aromatic rings. The van der Waals surface area contributed by atoms with Crippen molar-refractivity contribution in [2.45, 2.75) is 109 Å². The standard InChI is InChI=1S/C28H50N4O4S2/c1-7-30-20-24(38)32(26(30)34)22-28(4,5)14-9-11-16-36-18-12-17-35-15-10-8-13-27(2,3)21-31-23(37)19-29(6)25(31)33/h19-20,37-38H,7-18,21-22H2,1-6H3. The summed E-state index contributed by atoms with van der Waals surface area (Å²) in [6, 6.07) is 0. The molecule has 2 heterocycles. The van der Waals surface area contributed by atoms with Crippen molar-refractivity contribution in [2.75, 3.05) is 26.4 Å². The van der Waals surface area contributed by atoms with Crippen LogP contribution in [-0.2, 0) is 36.2 Å². The molecule has 0 amide bonds. The third-order valence-electron chi connectivity index (χ3n) is 7.02. The summed E-state index contributed by atoms with van der Waals surface area (Å²) in [7, 11) is 1.76. The molecule has 0 unspecified atom stereocenters. The fourth-order valence-corrected chi connectivity index (χ4v) is 5.35. The molecule has 0 aliphatic rings. The zero-order chi connectivity index (χ0) is 28.3. The van der Waals surface area contributed by atoms with E-state index in [2.05, 4.69) is 53.0 Å². The van der Waals surface area contributed by atoms with Gasteiger partial charge < -0.3 is 14.0 Å². The molecule has 8 nitrogen and oxygen atoms in total. The number of imidazole rings is 2. The number of thiol groups is 2. The van der Waals surface area contributed by atoms with E-state index < -0.39 is 0 Å². The van der Waals surface area contributed by atoms with E-state index in [9.17, 15) is 9.59 Å². The second kappa shape index (κ2) is 15.4. The summed E-state index contributed by atoms with van der Waals surface area (Å²) >= 11 is 8.90. The van der Waals surface area contributed by atoms with Crippen LogP contribution in [0.25, 0.3) is 0 Å². The van der Waals surface area contributed by atoms with Crippen LogP contribution in [-0.4, -0.2) is 44.7 Å². The summed E-state index contributed by atoms with van der Waals surface area (Å²) in [6.07, 6.45) is 10.7. The number of nitrogens with zero attached hydrogens (tertiary/aromatic N) is 4. The molecule has 0 saturated carbocycles. The van der Waals surface area contributed by atoms with Crippen molar-refractivity contribution in [3.8, 4) is 0 Å². The Morgan fingerprint density at radius 1 is 0.711 bits per heavy atom. The molecule has 0 radical (unpaired) electrons. The second-order valence-corrected chi connectivity index (χ2v) is 12.8. The minimum Gasteiger partial charge on any atom is -0.381 e. The lowest BCUT2D eigenvalue weighted by Gasteiger charge is -2.25. The Morgan fingerprint density at radius 2 is 1.16 bits per heavy atom. The van der Waals surface area contributed by atoms with Crippen molar-refractivity contribution < 1.29 is 9.47 Å². The van der Waals surface area contributed by atoms with Crippen LogP contribution in [0.4, 0.5) is 0 Å². The Morgan fingerprint density at radius 3 is 1.58 bits per heavy atom. The lowest BCUT2D eigenvalue weighted by atomic mass is 9.87. The van der Waals surface area contributed by atoms with Crippen molar-refractivity contribution in [2.24, 2.45) is 17.9 Å². The molecule has 0 spiro atoms. The van der Waals surface area contributed by atoms with Gasteiger partial charge in [0.15, 0.2) is 0 Å². The fraction of sp³-hybridized carbons (Fsp3) is 0.786. The molecule has 10 heteroatoms. The summed E-state index contributed by atoms with van der Waals surface area (Å²) in [6.45, 7) is 15.7. The average molecular weight is 571 g/mol. The normalized spacial score (nSPS) is 12.5. The molecule has 0 N–H and O–H groups in total. The van der Waals surface area contributed by atoms with Gasteiger partial charge in [0.2, 0.25) is 0 Å². The van der Waals surface area contributed by atoms with E-state index in [1.807, 2.05) is 13.1 Å². The molecule has 0 bridgehead atoms. The van der Waals surface area contributed by atoms with Crippen molar-refractivity contribution in [3.05, 3.63) is 33.4 Å². The number of hydrogen-bond donors (Lipinski definition) is 2. The molecular formula is C28H50N4O4S2. The first-order valence-electron chi connectivity index (χ1n) is 14.0. The first kappa shape index (κ1) is 32.8. The lowest BCUT2D eigenvalue weighted by molar-refractivity contribution is 0.0774. The Bertz CT molecular complexity index is 1100. The first-order valence-corrected chi connectivity index (χ1v) is 14.9. The maximum atomic E-state index is 12.4. The number of unbranched alkanes of at least 4 members (excludes halogenated alkanes) is 2. The summed E-state index contributed by atoms with van der Waals surface area (Å²) in [5, 5.41) is 1.44. The molecule has 2 rings (SSSR count). The third-order valence-corrected chi connectivity index (χ3v) is 7.73. The maximum absolute atomic E-state index is 12.4. The molecule has 0 aliphatic carbocycles. The lowest BCUT2D eigenvalue weighted by Crippen LogP contribution is -2.30. The van der Waals surface area contributed by atoms with Crippen LogP contribution in [0.2, 0.25) is 0 Å². The van der Waals surface area contributed by atoms with Gasteiger partial charge in [0.1, 0.15) is 0 Å². The Hall–Kier alpha value is -1.36. The quantitative estimate of drug-likeness (QED) is 0.178. The van der Waals surface area contributed by atoms with E-state index in [4.69, 9.17) is 9.47 Å². The van der Waals surface area contributed by atoms with E-state index in [0.717, 1.165) is 76.4 Å². The summed E-state index contributed by atoms with van der Waals surface area (Å²) < 4.78 is 18.4. The van der Waals surface area contributed by atoms with E-state index in [0.29, 0.717) is 24.7 Å². The Balaban J connectivity index is 1.47. The van der Waals surface area contributed by atoms with Crippen LogP contribution in [0.15, 0.2) is 32.0 Å². The monoisotopic (exact) mass is 570 g/mol. The van der Waals surface area contributed by atoms with Gasteiger partial charge in [-0.1, -0.05) is 40.5 Å². The van der Waals surface area contributed by atoms with E-state index in [1.165, 1.54) is 0 Å². The largest absolute Gasteiger partial charge is 0.381 e. The maximum Gasteiger partial charge on any atom is 0.329 e. The van der Waals surface area contributed by atoms with Crippen LogP contribution in [0, 0.1) is 10.8 Å². The number of aryl methyl sites for hydroxylation is 2. The van der Waals surface area contributed by atoms with E-state index in [1.54, 1.807) is 31.5 Å². The number of rotatable bonds is 19. The van der Waals surface area contributed by atoms with Crippen molar-refractivity contribution in [3.63, 3.8) is 0 Å². The summed E-state index contributed by atoms with van der Waals surface area (Å²) in [4.78, 5) is 24.6. The van der Waals surface area contributed by atoms with Crippen LogP contribution in [0.1, 0.15) is 79.6 Å². The Labute approximate surface area is 239 Å². The molecule has 0 saturated heterocycles. The highest BCUT2D eigenvalue weighted by molar-refractivity contribution is 7.80. The van der Waals surface area contributed by atoms with Gasteiger partial charge in [-0.15, -0.1) is 25.3 Å². The third kappa shape index (κ3) is 10.7. The first-order chi connectivity index (χ1) is 17.9. The second-order valence-electron chi connectivity index (χ2n) is 11.9. The molecule has 2 aromatic heterocycles. The highest BCUT2D eigenvalue weighted by Crippen LogP contribution is 2.27. The smallest absolute Gasteiger partial charge is 0.329 e. The van der Waals surface area contributed by atoms with Gasteiger partial charge in [-0.2, -0.15) is 0 Å². The zero-order valence-electron chi connectivity index (χ0n) is 24.4. The number of hydrogen-bond acceptors (Lipinski definition) is 6. The van der Waals surface area contributed by atoms with Crippen LogP contribution >= 0.6 is 25.3 Å². The van der Waals surface area contributed by atoms with Gasteiger partial charge in [0.05, 0.1) is 10.1 Å². The van der Waals surface area contributed by atoms with Crippen molar-refractivity contribution in [1.82, 2.24) is 18.3 Å². The van der Waals surface area contributed by atoms with Gasteiger partial charge in [-0.05, 0) is 49.9 Å². The fourth-order valence-electron chi connectivity index (χ4n) is 4.72. The highest BCUT2D eigenvalue weighted by atomic mass is 32.1. The number of ether oxygens (including phenoxy) is 2. The molecule has 0 atom stereocenters. The molecular weight excluding hydrogens is 520 g/mol. The average Bonchev–Trinajstić information content (AvgIpc) is 3.24. The highest BCUT2D eigenvalue weighted by Gasteiger charge is 2.22. The zero-order valence-corrected chi connectivity index (χ0v) is 26.2. The predicted octanol–water partition coefficient (Wildman–Crippen LogP) is 5.26. The van der Waals surface area contributed by atoms with Gasteiger partial charge in [-0.3, -0.25) is 13.7 Å². The summed E-state index contributed by atoms with van der Waals surface area (Å²) in [5.74, 6) is 0. The van der Waals surface area contributed by atoms with Crippen LogP contribution in [0.3, 0.4) is 0 Å². The van der Waals surface area contributed by atoms with Crippen molar-refractivity contribution >= 4 is 25.3 Å².